The Kier molecular flexibility index (Phi) is 3.10. The molecule has 0 radical (unpaired) electrons. The summed E-state index contributed by atoms with van der Waals surface area (Å²) in [5.74, 6) is 0. The number of aliphatic hydroxyl groups excluding tert-OH is 1. The summed E-state index contributed by atoms with van der Waals surface area (Å²) < 4.78 is 0. The highest BCUT2D eigenvalue weighted by Crippen LogP contribution is 2.29. The van der Waals surface area contributed by atoms with E-state index in [-0.39, 0.29) is 6.23 Å². The number of likely N-dealkylation sites (tertiary alicyclic amines) is 1. The maximum atomic E-state index is 9.98. The van der Waals surface area contributed by atoms with Crippen molar-refractivity contribution in [3.63, 3.8) is 0 Å². The van der Waals surface area contributed by atoms with E-state index in [2.05, 4.69) is 23.8 Å². The van der Waals surface area contributed by atoms with Crippen molar-refractivity contribution in [2.75, 3.05) is 20.1 Å². The highest BCUT2D eigenvalue weighted by molar-refractivity contribution is 4.92. The molecule has 0 amide bonds. The van der Waals surface area contributed by atoms with Gasteiger partial charge in [0, 0.05) is 25.2 Å². The van der Waals surface area contributed by atoms with Crippen molar-refractivity contribution in [2.45, 2.75) is 50.9 Å². The van der Waals surface area contributed by atoms with Crippen LogP contribution in [0.25, 0.3) is 0 Å². The molecule has 1 N–H and O–H groups in total. The van der Waals surface area contributed by atoms with Crippen molar-refractivity contribution >= 4 is 0 Å². The fourth-order valence-electron chi connectivity index (χ4n) is 3.05. The maximum Gasteiger partial charge on any atom is 0.107 e. The summed E-state index contributed by atoms with van der Waals surface area (Å²) in [4.78, 5) is 4.77. The van der Waals surface area contributed by atoms with Gasteiger partial charge in [-0.2, -0.15) is 0 Å². The summed E-state index contributed by atoms with van der Waals surface area (Å²) in [6.07, 6.45) is 4.52. The molecule has 0 spiro atoms. The minimum Gasteiger partial charge on any atom is -0.378 e. The standard InChI is InChI=1S/C11H22N2O/c1-3-11(14)13-9-5-4-6-10(13)8-12(2)7-9/h9-11,14H,3-8H2,1-2H3. The monoisotopic (exact) mass is 198 g/mol. The number of fused-ring (bicyclic) bond motifs is 2. The first-order valence-electron chi connectivity index (χ1n) is 5.86. The highest BCUT2D eigenvalue weighted by atomic mass is 16.3. The third kappa shape index (κ3) is 1.81. The minimum atomic E-state index is -0.209. The Morgan fingerprint density at radius 2 is 1.86 bits per heavy atom. The van der Waals surface area contributed by atoms with Crippen molar-refractivity contribution in [3.05, 3.63) is 0 Å². The first kappa shape index (κ1) is 10.4. The zero-order chi connectivity index (χ0) is 10.1. The number of hydrogen-bond donors (Lipinski definition) is 1. The Morgan fingerprint density at radius 3 is 2.36 bits per heavy atom. The highest BCUT2D eigenvalue weighted by Gasteiger charge is 2.38. The van der Waals surface area contributed by atoms with Gasteiger partial charge in [0.2, 0.25) is 0 Å². The Labute approximate surface area is 86.7 Å². The molecule has 0 aromatic heterocycles. The first-order chi connectivity index (χ1) is 6.72. The fraction of sp³-hybridized carbons (Fsp3) is 1.00. The number of hydrogen-bond acceptors (Lipinski definition) is 3. The van der Waals surface area contributed by atoms with Gasteiger partial charge < -0.3 is 10.0 Å². The summed E-state index contributed by atoms with van der Waals surface area (Å²) in [6.45, 7) is 4.33. The second kappa shape index (κ2) is 4.17. The number of aliphatic hydroxyl groups is 1. The van der Waals surface area contributed by atoms with E-state index in [1.807, 2.05) is 0 Å². The van der Waals surface area contributed by atoms with Crippen molar-refractivity contribution in [2.24, 2.45) is 0 Å². The van der Waals surface area contributed by atoms with E-state index in [0.717, 1.165) is 19.5 Å². The number of likely N-dealkylation sites (N-methyl/N-ethyl adjacent to an activating group) is 1. The second-order valence-corrected chi connectivity index (χ2v) is 4.80. The summed E-state index contributed by atoms with van der Waals surface area (Å²) in [6, 6.07) is 1.20. The van der Waals surface area contributed by atoms with Gasteiger partial charge in [-0.25, -0.2) is 0 Å². The number of nitrogens with zero attached hydrogens (tertiary/aromatic N) is 2. The van der Waals surface area contributed by atoms with Crippen LogP contribution in [0.2, 0.25) is 0 Å². The lowest BCUT2D eigenvalue weighted by Gasteiger charge is -2.51. The van der Waals surface area contributed by atoms with Crippen molar-refractivity contribution in [1.82, 2.24) is 9.80 Å². The molecule has 2 bridgehead atoms. The molecule has 2 saturated heterocycles. The van der Waals surface area contributed by atoms with E-state index in [9.17, 15) is 5.11 Å². The summed E-state index contributed by atoms with van der Waals surface area (Å²) >= 11 is 0. The van der Waals surface area contributed by atoms with E-state index >= 15 is 0 Å². The molecule has 3 atom stereocenters. The van der Waals surface area contributed by atoms with Crippen LogP contribution in [0.3, 0.4) is 0 Å². The van der Waals surface area contributed by atoms with Gasteiger partial charge in [-0.05, 0) is 26.3 Å². The van der Waals surface area contributed by atoms with Gasteiger partial charge in [0.05, 0.1) is 0 Å². The van der Waals surface area contributed by atoms with Gasteiger partial charge in [-0.1, -0.05) is 13.3 Å². The molecule has 2 fully saturated rings. The van der Waals surface area contributed by atoms with Gasteiger partial charge in [0.1, 0.15) is 6.23 Å². The van der Waals surface area contributed by atoms with Crippen molar-refractivity contribution < 1.29 is 5.11 Å². The third-order valence-electron chi connectivity index (χ3n) is 3.67. The summed E-state index contributed by atoms with van der Waals surface area (Å²) in [5.41, 5.74) is 0. The Balaban J connectivity index is 2.08. The molecule has 2 rings (SSSR count). The largest absolute Gasteiger partial charge is 0.378 e. The molecule has 14 heavy (non-hydrogen) atoms. The number of rotatable bonds is 2. The molecule has 82 valence electrons. The van der Waals surface area contributed by atoms with Crippen molar-refractivity contribution in [3.8, 4) is 0 Å². The molecule has 0 aromatic rings. The Hall–Kier alpha value is -0.120. The smallest absolute Gasteiger partial charge is 0.107 e. The minimum absolute atomic E-state index is 0.209. The van der Waals surface area contributed by atoms with Crippen molar-refractivity contribution in [1.29, 1.82) is 0 Å². The van der Waals surface area contributed by atoms with Crippen LogP contribution < -0.4 is 0 Å². The fourth-order valence-corrected chi connectivity index (χ4v) is 3.05. The Morgan fingerprint density at radius 1 is 1.29 bits per heavy atom. The first-order valence-corrected chi connectivity index (χ1v) is 5.86. The predicted molar refractivity (Wildman–Crippen MR) is 57.1 cm³/mol. The Bertz CT molecular complexity index is 184. The van der Waals surface area contributed by atoms with E-state index in [0.29, 0.717) is 12.1 Å². The molecular weight excluding hydrogens is 176 g/mol. The average molecular weight is 198 g/mol. The van der Waals surface area contributed by atoms with Gasteiger partial charge in [-0.3, -0.25) is 4.90 Å². The van der Waals surface area contributed by atoms with Crippen LogP contribution in [0.15, 0.2) is 0 Å². The van der Waals surface area contributed by atoms with Crippen LogP contribution in [0.5, 0.6) is 0 Å². The van der Waals surface area contributed by atoms with E-state index in [1.165, 1.54) is 19.3 Å². The second-order valence-electron chi connectivity index (χ2n) is 4.80. The van der Waals surface area contributed by atoms with Gasteiger partial charge >= 0.3 is 0 Å². The van der Waals surface area contributed by atoms with Crippen LogP contribution in [0.1, 0.15) is 32.6 Å². The molecule has 3 heteroatoms. The van der Waals surface area contributed by atoms with Crippen LogP contribution in [0.4, 0.5) is 0 Å². The molecule has 3 nitrogen and oxygen atoms in total. The third-order valence-corrected chi connectivity index (χ3v) is 3.67. The summed E-state index contributed by atoms with van der Waals surface area (Å²) in [7, 11) is 2.20. The number of piperazine rings is 1. The molecule has 2 aliphatic rings. The SMILES string of the molecule is CCC(O)N1C2CCCC1CN(C)C2. The van der Waals surface area contributed by atoms with Gasteiger partial charge in [0.25, 0.3) is 0 Å². The van der Waals surface area contributed by atoms with Crippen LogP contribution in [-0.2, 0) is 0 Å². The lowest BCUT2D eigenvalue weighted by molar-refractivity contribution is -0.108. The van der Waals surface area contributed by atoms with Gasteiger partial charge in [-0.15, -0.1) is 0 Å². The summed E-state index contributed by atoms with van der Waals surface area (Å²) in [5, 5.41) is 9.98. The topological polar surface area (TPSA) is 26.7 Å². The lowest BCUT2D eigenvalue weighted by Crippen LogP contribution is -2.62. The maximum absolute atomic E-state index is 9.98. The molecule has 0 saturated carbocycles. The molecule has 0 aliphatic carbocycles. The van der Waals surface area contributed by atoms with E-state index in [4.69, 9.17) is 0 Å². The van der Waals surface area contributed by atoms with Gasteiger partial charge in [0.15, 0.2) is 0 Å². The zero-order valence-electron chi connectivity index (χ0n) is 9.32. The number of piperidine rings is 1. The average Bonchev–Trinajstić information content (AvgIpc) is 2.15. The molecule has 3 unspecified atom stereocenters. The van der Waals surface area contributed by atoms with Crippen LogP contribution >= 0.6 is 0 Å². The quantitative estimate of drug-likeness (QED) is 0.713. The predicted octanol–water partition coefficient (Wildman–Crippen LogP) is 0.883. The van der Waals surface area contributed by atoms with Crippen LogP contribution in [-0.4, -0.2) is 53.4 Å². The molecule has 0 aromatic carbocycles. The molecular formula is C11H22N2O. The van der Waals surface area contributed by atoms with E-state index < -0.39 is 0 Å². The normalized spacial score (nSPS) is 37.1. The molecule has 2 aliphatic heterocycles. The zero-order valence-corrected chi connectivity index (χ0v) is 9.32. The lowest BCUT2D eigenvalue weighted by atomic mass is 9.91. The molecule has 2 heterocycles. The van der Waals surface area contributed by atoms with E-state index in [1.54, 1.807) is 0 Å². The van der Waals surface area contributed by atoms with Crippen LogP contribution in [0, 0.1) is 0 Å².